The van der Waals surface area contributed by atoms with Crippen molar-refractivity contribution < 1.29 is 50.0 Å². The van der Waals surface area contributed by atoms with Crippen molar-refractivity contribution >= 4 is 0 Å². The summed E-state index contributed by atoms with van der Waals surface area (Å²) in [4.78, 5) is 0. The van der Waals surface area contributed by atoms with Gasteiger partial charge >= 0.3 is 0 Å². The molecule has 0 amide bonds. The van der Waals surface area contributed by atoms with Crippen molar-refractivity contribution in [3.63, 3.8) is 0 Å². The monoisotopic (exact) mass is 326 g/mol. The summed E-state index contributed by atoms with van der Waals surface area (Å²) in [6.45, 7) is 1.09. The molecule has 0 radical (unpaired) electrons. The number of ether oxygens (including phenoxy) is 3. The van der Waals surface area contributed by atoms with Gasteiger partial charge in [-0.3, -0.25) is 0 Å². The highest BCUT2D eigenvalue weighted by atomic mass is 16.7. The van der Waals surface area contributed by atoms with E-state index in [0.29, 0.717) is 0 Å². The molecule has 2 aliphatic heterocycles. The van der Waals surface area contributed by atoms with Gasteiger partial charge in [0.15, 0.2) is 12.6 Å². The van der Waals surface area contributed by atoms with Gasteiger partial charge < -0.3 is 50.0 Å². The van der Waals surface area contributed by atoms with Crippen LogP contribution in [-0.2, 0) is 14.2 Å². The molecule has 2 saturated heterocycles. The second kappa shape index (κ2) is 7.01. The largest absolute Gasteiger partial charge is 0.388 e. The van der Waals surface area contributed by atoms with E-state index in [-0.39, 0.29) is 6.61 Å². The van der Waals surface area contributed by atoms with Crippen molar-refractivity contribution in [2.45, 2.75) is 68.3 Å². The first-order valence-electron chi connectivity index (χ1n) is 6.93. The highest BCUT2D eigenvalue weighted by Gasteiger charge is 2.45. The Morgan fingerprint density at radius 3 is 1.95 bits per heavy atom. The Balaban J connectivity index is 1.92. The average molecular weight is 326 g/mol. The molecule has 0 spiro atoms. The van der Waals surface area contributed by atoms with E-state index in [9.17, 15) is 35.7 Å². The van der Waals surface area contributed by atoms with Crippen molar-refractivity contribution in [2.24, 2.45) is 0 Å². The lowest BCUT2D eigenvalue weighted by Gasteiger charge is -2.41. The minimum Gasteiger partial charge on any atom is -0.388 e. The molecule has 2 aliphatic rings. The maximum absolute atomic E-state index is 9.76. The minimum absolute atomic E-state index is 0.390. The molecular formula is C12H22O10. The fourth-order valence-corrected chi connectivity index (χ4v) is 2.41. The van der Waals surface area contributed by atoms with Gasteiger partial charge in [0.05, 0.1) is 12.7 Å². The zero-order chi connectivity index (χ0) is 16.6. The Morgan fingerprint density at radius 1 is 0.727 bits per heavy atom. The van der Waals surface area contributed by atoms with Gasteiger partial charge in [-0.25, -0.2) is 0 Å². The predicted octanol–water partition coefficient (Wildman–Crippen LogP) is -4.37. The number of hydrogen-bond acceptors (Lipinski definition) is 10. The quantitative estimate of drug-likeness (QED) is 0.269. The predicted molar refractivity (Wildman–Crippen MR) is 67.2 cm³/mol. The standard InChI is InChI=1S/C12H22O10/c1-3-5(13)7(15)10(18)12(21-3)20-2-4-6(14)8(16)9(17)11(19)22-4/h3-19H,2H2,1H3/t3-,4+,5-,6+,7+,8-,9+,10+,11+,12-/m0/s1. The summed E-state index contributed by atoms with van der Waals surface area (Å²) < 4.78 is 15.3. The van der Waals surface area contributed by atoms with Crippen LogP contribution < -0.4 is 0 Å². The van der Waals surface area contributed by atoms with Gasteiger partial charge in [0, 0.05) is 0 Å². The molecule has 130 valence electrons. The molecule has 10 heteroatoms. The molecule has 2 rings (SSSR count). The average Bonchev–Trinajstić information content (AvgIpc) is 2.49. The first-order chi connectivity index (χ1) is 10.2. The fourth-order valence-electron chi connectivity index (χ4n) is 2.41. The molecule has 7 N–H and O–H groups in total. The highest BCUT2D eigenvalue weighted by molar-refractivity contribution is 4.90. The molecule has 22 heavy (non-hydrogen) atoms. The van der Waals surface area contributed by atoms with E-state index in [2.05, 4.69) is 0 Å². The molecule has 0 aromatic rings. The van der Waals surface area contributed by atoms with Gasteiger partial charge in [-0.15, -0.1) is 0 Å². The van der Waals surface area contributed by atoms with Gasteiger partial charge in [-0.2, -0.15) is 0 Å². The van der Waals surface area contributed by atoms with Crippen LogP contribution in [0.15, 0.2) is 0 Å². The molecule has 0 saturated carbocycles. The van der Waals surface area contributed by atoms with E-state index in [1.165, 1.54) is 6.92 Å². The van der Waals surface area contributed by atoms with Crippen LogP contribution in [0.25, 0.3) is 0 Å². The number of rotatable bonds is 3. The third kappa shape index (κ3) is 3.41. The van der Waals surface area contributed by atoms with Gasteiger partial charge in [0.2, 0.25) is 0 Å². The third-order valence-electron chi connectivity index (χ3n) is 3.92. The molecule has 0 aliphatic carbocycles. The van der Waals surface area contributed by atoms with Crippen LogP contribution in [0.2, 0.25) is 0 Å². The van der Waals surface area contributed by atoms with Crippen LogP contribution in [0.4, 0.5) is 0 Å². The molecule has 2 heterocycles. The van der Waals surface area contributed by atoms with E-state index in [4.69, 9.17) is 14.2 Å². The Morgan fingerprint density at radius 2 is 1.32 bits per heavy atom. The summed E-state index contributed by atoms with van der Waals surface area (Å²) in [5, 5.41) is 67.0. The van der Waals surface area contributed by atoms with Crippen molar-refractivity contribution in [2.75, 3.05) is 6.61 Å². The van der Waals surface area contributed by atoms with Crippen LogP contribution in [-0.4, -0.2) is 104 Å². The molecule has 2 fully saturated rings. The maximum atomic E-state index is 9.76. The van der Waals surface area contributed by atoms with Gasteiger partial charge in [0.1, 0.15) is 42.7 Å². The second-order valence-corrected chi connectivity index (χ2v) is 5.55. The number of aliphatic hydroxyl groups is 7. The minimum atomic E-state index is -1.70. The van der Waals surface area contributed by atoms with E-state index in [1.54, 1.807) is 0 Å². The first kappa shape index (κ1) is 17.9. The SMILES string of the molecule is C[C@@H]1O[C@H](OC[C@H]2O[C@@H](O)[C@H](O)[C@@H](O)[C@@H]2O)[C@H](O)[C@H](O)[C@H]1O. The highest BCUT2D eigenvalue weighted by Crippen LogP contribution is 2.24. The van der Waals surface area contributed by atoms with Crippen molar-refractivity contribution in [1.82, 2.24) is 0 Å². The van der Waals surface area contributed by atoms with E-state index < -0.39 is 61.4 Å². The second-order valence-electron chi connectivity index (χ2n) is 5.55. The summed E-state index contributed by atoms with van der Waals surface area (Å²) in [5.74, 6) is 0. The van der Waals surface area contributed by atoms with Gasteiger partial charge in [-0.05, 0) is 6.92 Å². The van der Waals surface area contributed by atoms with Crippen LogP contribution >= 0.6 is 0 Å². The Hall–Kier alpha value is -0.400. The van der Waals surface area contributed by atoms with Crippen molar-refractivity contribution in [1.29, 1.82) is 0 Å². The zero-order valence-corrected chi connectivity index (χ0v) is 11.8. The molecule has 0 unspecified atom stereocenters. The lowest BCUT2D eigenvalue weighted by molar-refractivity contribution is -0.322. The maximum Gasteiger partial charge on any atom is 0.186 e. The Kier molecular flexibility index (Phi) is 5.72. The number of hydrogen-bond donors (Lipinski definition) is 7. The smallest absolute Gasteiger partial charge is 0.186 e. The fraction of sp³-hybridized carbons (Fsp3) is 1.00. The summed E-state index contributed by atoms with van der Waals surface area (Å²) >= 11 is 0. The topological polar surface area (TPSA) is 169 Å². The van der Waals surface area contributed by atoms with Crippen LogP contribution in [0.3, 0.4) is 0 Å². The lowest BCUT2D eigenvalue weighted by Crippen LogP contribution is -2.60. The summed E-state index contributed by atoms with van der Waals surface area (Å²) in [6.07, 6.45) is -14.0. The molecular weight excluding hydrogens is 304 g/mol. The van der Waals surface area contributed by atoms with E-state index in [1.807, 2.05) is 0 Å². The molecule has 0 bridgehead atoms. The summed E-state index contributed by atoms with van der Waals surface area (Å²) in [7, 11) is 0. The number of aliphatic hydroxyl groups excluding tert-OH is 7. The first-order valence-corrected chi connectivity index (χ1v) is 6.93. The van der Waals surface area contributed by atoms with Gasteiger partial charge in [-0.1, -0.05) is 0 Å². The van der Waals surface area contributed by atoms with Crippen molar-refractivity contribution in [3.05, 3.63) is 0 Å². The van der Waals surface area contributed by atoms with Crippen LogP contribution in [0.5, 0.6) is 0 Å². The van der Waals surface area contributed by atoms with Crippen LogP contribution in [0.1, 0.15) is 6.92 Å². The van der Waals surface area contributed by atoms with E-state index >= 15 is 0 Å². The summed E-state index contributed by atoms with van der Waals surface area (Å²) in [5.41, 5.74) is 0. The van der Waals surface area contributed by atoms with E-state index in [0.717, 1.165) is 0 Å². The molecule has 10 nitrogen and oxygen atoms in total. The molecule has 10 atom stereocenters. The third-order valence-corrected chi connectivity index (χ3v) is 3.92. The molecule has 0 aromatic heterocycles. The molecule has 0 aromatic carbocycles. The zero-order valence-electron chi connectivity index (χ0n) is 11.8. The Labute approximate surface area is 126 Å². The summed E-state index contributed by atoms with van der Waals surface area (Å²) in [6, 6.07) is 0. The van der Waals surface area contributed by atoms with Crippen molar-refractivity contribution in [3.8, 4) is 0 Å². The van der Waals surface area contributed by atoms with Crippen LogP contribution in [0, 0.1) is 0 Å². The lowest BCUT2D eigenvalue weighted by atomic mass is 9.99. The Bertz CT molecular complexity index is 334. The van der Waals surface area contributed by atoms with Gasteiger partial charge in [0.25, 0.3) is 0 Å². The normalized spacial score (nSPS) is 53.5.